The largest absolute Gasteiger partial charge is 0.393 e. The van der Waals surface area contributed by atoms with Gasteiger partial charge in [0, 0.05) is 24.4 Å². The van der Waals surface area contributed by atoms with Gasteiger partial charge in [0.25, 0.3) is 0 Å². The molecule has 3 N–H and O–H groups in total. The van der Waals surface area contributed by atoms with Crippen molar-refractivity contribution >= 4 is 18.3 Å². The fourth-order valence-electron chi connectivity index (χ4n) is 3.17. The Labute approximate surface area is 122 Å². The van der Waals surface area contributed by atoms with Gasteiger partial charge in [0.2, 0.25) is 5.91 Å². The topological polar surface area (TPSA) is 61.4 Å². The van der Waals surface area contributed by atoms with Gasteiger partial charge >= 0.3 is 0 Å². The molecule has 112 valence electrons. The van der Waals surface area contributed by atoms with Crippen molar-refractivity contribution in [2.24, 2.45) is 11.8 Å². The first kappa shape index (κ1) is 16.7. The van der Waals surface area contributed by atoms with Gasteiger partial charge in [-0.05, 0) is 39.2 Å². The summed E-state index contributed by atoms with van der Waals surface area (Å²) in [4.78, 5) is 12.1. The Kier molecular flexibility index (Phi) is 7.11. The van der Waals surface area contributed by atoms with E-state index in [1.807, 2.05) is 0 Å². The second-order valence-electron chi connectivity index (χ2n) is 5.93. The van der Waals surface area contributed by atoms with E-state index in [2.05, 4.69) is 17.6 Å². The van der Waals surface area contributed by atoms with E-state index >= 15 is 0 Å². The van der Waals surface area contributed by atoms with Crippen molar-refractivity contribution in [1.82, 2.24) is 10.6 Å². The zero-order chi connectivity index (χ0) is 13.0. The standard InChI is InChI=1S/C14H26N2O2.ClH/c1-10-8-11(6-7-15-10)14(18)16-9-12-4-2-3-5-13(12)17;/h10-13,15,17H,2-9H2,1H3,(H,16,18);1H/t10-,11-,12?,13?;/m0./s1. The molecule has 0 aromatic heterocycles. The molecule has 1 amide bonds. The average Bonchev–Trinajstić information content (AvgIpc) is 2.37. The molecular formula is C14H27ClN2O2. The van der Waals surface area contributed by atoms with Crippen molar-refractivity contribution in [2.45, 2.75) is 57.6 Å². The summed E-state index contributed by atoms with van der Waals surface area (Å²) in [5.74, 6) is 0.602. The molecule has 2 unspecified atom stereocenters. The van der Waals surface area contributed by atoms with E-state index in [1.165, 1.54) is 6.42 Å². The molecule has 19 heavy (non-hydrogen) atoms. The number of hydrogen-bond acceptors (Lipinski definition) is 3. The fourth-order valence-corrected chi connectivity index (χ4v) is 3.17. The zero-order valence-electron chi connectivity index (χ0n) is 11.7. The molecular weight excluding hydrogens is 264 g/mol. The van der Waals surface area contributed by atoms with Crippen LogP contribution in [-0.4, -0.2) is 36.2 Å². The summed E-state index contributed by atoms with van der Waals surface area (Å²) in [6.07, 6.45) is 5.89. The average molecular weight is 291 g/mol. The quantitative estimate of drug-likeness (QED) is 0.737. The lowest BCUT2D eigenvalue weighted by atomic mass is 9.86. The van der Waals surface area contributed by atoms with Crippen LogP contribution in [0.2, 0.25) is 0 Å². The molecule has 1 heterocycles. The van der Waals surface area contributed by atoms with E-state index < -0.39 is 0 Å². The van der Waals surface area contributed by atoms with Gasteiger partial charge in [0.05, 0.1) is 6.10 Å². The van der Waals surface area contributed by atoms with Crippen molar-refractivity contribution in [1.29, 1.82) is 0 Å². The van der Waals surface area contributed by atoms with Gasteiger partial charge in [0.15, 0.2) is 0 Å². The molecule has 1 saturated carbocycles. The van der Waals surface area contributed by atoms with Crippen LogP contribution in [0.25, 0.3) is 0 Å². The maximum Gasteiger partial charge on any atom is 0.223 e. The first-order valence-electron chi connectivity index (χ1n) is 7.36. The third-order valence-corrected chi connectivity index (χ3v) is 4.40. The number of halogens is 1. The second kappa shape index (κ2) is 8.08. The zero-order valence-corrected chi connectivity index (χ0v) is 12.5. The molecule has 2 fully saturated rings. The van der Waals surface area contributed by atoms with Crippen molar-refractivity contribution in [3.63, 3.8) is 0 Å². The fraction of sp³-hybridized carbons (Fsp3) is 0.929. The molecule has 5 heteroatoms. The predicted octanol–water partition coefficient (Wildman–Crippen LogP) is 1.46. The van der Waals surface area contributed by atoms with Crippen LogP contribution in [0.3, 0.4) is 0 Å². The van der Waals surface area contributed by atoms with Crippen LogP contribution >= 0.6 is 12.4 Å². The van der Waals surface area contributed by atoms with E-state index in [4.69, 9.17) is 0 Å². The van der Waals surface area contributed by atoms with Gasteiger partial charge in [-0.25, -0.2) is 0 Å². The number of carbonyl (C=O) groups is 1. The van der Waals surface area contributed by atoms with Crippen molar-refractivity contribution in [2.75, 3.05) is 13.1 Å². The van der Waals surface area contributed by atoms with Crippen LogP contribution in [0.15, 0.2) is 0 Å². The molecule has 2 rings (SSSR count). The minimum absolute atomic E-state index is 0. The Morgan fingerprint density at radius 3 is 2.74 bits per heavy atom. The lowest BCUT2D eigenvalue weighted by molar-refractivity contribution is -0.126. The Bertz CT molecular complexity index is 289. The lowest BCUT2D eigenvalue weighted by Gasteiger charge is -2.30. The minimum Gasteiger partial charge on any atom is -0.393 e. The summed E-state index contributed by atoms with van der Waals surface area (Å²) in [7, 11) is 0. The highest BCUT2D eigenvalue weighted by Crippen LogP contribution is 2.24. The van der Waals surface area contributed by atoms with Crippen LogP contribution in [-0.2, 0) is 4.79 Å². The highest BCUT2D eigenvalue weighted by molar-refractivity contribution is 5.85. The van der Waals surface area contributed by atoms with E-state index in [9.17, 15) is 9.90 Å². The third-order valence-electron chi connectivity index (χ3n) is 4.40. The van der Waals surface area contributed by atoms with Crippen molar-refractivity contribution in [3.05, 3.63) is 0 Å². The third kappa shape index (κ3) is 4.93. The molecule has 0 radical (unpaired) electrons. The van der Waals surface area contributed by atoms with Crippen LogP contribution in [0.5, 0.6) is 0 Å². The Morgan fingerprint density at radius 2 is 2.05 bits per heavy atom. The number of piperidine rings is 1. The van der Waals surface area contributed by atoms with Gasteiger partial charge in [-0.15, -0.1) is 12.4 Å². The van der Waals surface area contributed by atoms with Crippen LogP contribution in [0, 0.1) is 11.8 Å². The number of aliphatic hydroxyl groups excluding tert-OH is 1. The van der Waals surface area contributed by atoms with Gasteiger partial charge in [-0.2, -0.15) is 0 Å². The van der Waals surface area contributed by atoms with E-state index in [0.717, 1.165) is 38.6 Å². The number of amides is 1. The molecule has 0 aromatic rings. The van der Waals surface area contributed by atoms with Gasteiger partial charge in [-0.1, -0.05) is 12.8 Å². The SMILES string of the molecule is C[C@H]1C[C@@H](C(=O)NCC2CCCCC2O)CCN1.Cl. The molecule has 0 bridgehead atoms. The Morgan fingerprint density at radius 1 is 1.32 bits per heavy atom. The maximum absolute atomic E-state index is 12.1. The summed E-state index contributed by atoms with van der Waals surface area (Å²) in [5.41, 5.74) is 0. The molecule has 1 saturated heterocycles. The lowest BCUT2D eigenvalue weighted by Crippen LogP contribution is -2.44. The monoisotopic (exact) mass is 290 g/mol. The van der Waals surface area contributed by atoms with Gasteiger partial charge in [-0.3, -0.25) is 4.79 Å². The number of aliphatic hydroxyl groups is 1. The number of rotatable bonds is 3. The van der Waals surface area contributed by atoms with Gasteiger partial charge < -0.3 is 15.7 Å². The normalized spacial score (nSPS) is 35.3. The van der Waals surface area contributed by atoms with E-state index in [0.29, 0.717) is 12.6 Å². The van der Waals surface area contributed by atoms with Crippen molar-refractivity contribution in [3.8, 4) is 0 Å². The molecule has 4 atom stereocenters. The molecule has 1 aliphatic carbocycles. The van der Waals surface area contributed by atoms with Crippen LogP contribution < -0.4 is 10.6 Å². The summed E-state index contributed by atoms with van der Waals surface area (Å²) in [6, 6.07) is 0.440. The highest BCUT2D eigenvalue weighted by atomic mass is 35.5. The van der Waals surface area contributed by atoms with Gasteiger partial charge in [0.1, 0.15) is 0 Å². The highest BCUT2D eigenvalue weighted by Gasteiger charge is 2.27. The smallest absolute Gasteiger partial charge is 0.223 e. The van der Waals surface area contributed by atoms with Crippen LogP contribution in [0.4, 0.5) is 0 Å². The van der Waals surface area contributed by atoms with E-state index in [1.54, 1.807) is 0 Å². The molecule has 0 aromatic carbocycles. The van der Waals surface area contributed by atoms with E-state index in [-0.39, 0.29) is 36.3 Å². The summed E-state index contributed by atoms with van der Waals surface area (Å²) in [5, 5.41) is 16.3. The number of nitrogens with one attached hydrogen (secondary N) is 2. The number of hydrogen-bond donors (Lipinski definition) is 3. The molecule has 2 aliphatic rings. The maximum atomic E-state index is 12.1. The van der Waals surface area contributed by atoms with Crippen LogP contribution in [0.1, 0.15) is 45.4 Å². The second-order valence-corrected chi connectivity index (χ2v) is 5.93. The Balaban J connectivity index is 0.00000180. The first-order chi connectivity index (χ1) is 8.66. The first-order valence-corrected chi connectivity index (χ1v) is 7.36. The molecule has 0 spiro atoms. The summed E-state index contributed by atoms with van der Waals surface area (Å²) < 4.78 is 0. The molecule has 1 aliphatic heterocycles. The number of carbonyl (C=O) groups excluding carboxylic acids is 1. The summed E-state index contributed by atoms with van der Waals surface area (Å²) >= 11 is 0. The predicted molar refractivity (Wildman–Crippen MR) is 78.4 cm³/mol. The minimum atomic E-state index is -0.217. The van der Waals surface area contributed by atoms with Crippen molar-refractivity contribution < 1.29 is 9.90 Å². The summed E-state index contributed by atoms with van der Waals surface area (Å²) in [6.45, 7) is 3.72. The molecule has 4 nitrogen and oxygen atoms in total. The Hall–Kier alpha value is -0.320.